The van der Waals surface area contributed by atoms with Crippen LogP contribution in [-0.4, -0.2) is 69.4 Å². The highest BCUT2D eigenvalue weighted by molar-refractivity contribution is 5.88. The molecule has 1 amide bonds. The maximum Gasteiger partial charge on any atom is 0.320 e. The lowest BCUT2D eigenvalue weighted by atomic mass is 10.0. The number of anilines is 1. The van der Waals surface area contributed by atoms with Crippen molar-refractivity contribution in [3.8, 4) is 17.8 Å². The molecule has 4 N–H and O–H groups in total. The monoisotopic (exact) mass is 561 g/mol. The predicted octanol–water partition coefficient (Wildman–Crippen LogP) is 2.97. The highest BCUT2D eigenvalue weighted by atomic mass is 16.5. The zero-order valence-electron chi connectivity index (χ0n) is 23.8. The van der Waals surface area contributed by atoms with Gasteiger partial charge in [-0.3, -0.25) is 9.69 Å². The van der Waals surface area contributed by atoms with Gasteiger partial charge >= 0.3 is 6.01 Å². The Balaban J connectivity index is 1.25. The molecule has 218 valence electrons. The van der Waals surface area contributed by atoms with E-state index in [1.54, 1.807) is 13.2 Å². The molecule has 1 saturated carbocycles. The maximum atomic E-state index is 12.3. The number of piperidine rings is 1. The van der Waals surface area contributed by atoms with Crippen LogP contribution in [-0.2, 0) is 17.9 Å². The van der Waals surface area contributed by atoms with Gasteiger partial charge in [0.25, 0.3) is 0 Å². The number of unbranched alkanes of at least 4 members (excludes halogenated alkanes) is 1. The van der Waals surface area contributed by atoms with E-state index in [1.165, 1.54) is 0 Å². The van der Waals surface area contributed by atoms with Crippen molar-refractivity contribution in [2.24, 2.45) is 5.92 Å². The minimum absolute atomic E-state index is 0.102. The zero-order valence-corrected chi connectivity index (χ0v) is 23.8. The highest BCUT2D eigenvalue weighted by Gasteiger charge is 2.35. The lowest BCUT2D eigenvalue weighted by Crippen LogP contribution is -2.47. The summed E-state index contributed by atoms with van der Waals surface area (Å²) in [5.74, 6) is 0.923. The number of carbonyl (C=O) groups excluding carboxylic acids is 1. The van der Waals surface area contributed by atoms with Gasteiger partial charge in [-0.15, -0.1) is 0 Å². The minimum Gasteiger partial charge on any atom is -0.496 e. The van der Waals surface area contributed by atoms with Crippen molar-refractivity contribution < 1.29 is 19.4 Å². The van der Waals surface area contributed by atoms with Gasteiger partial charge in [0.05, 0.1) is 25.6 Å². The van der Waals surface area contributed by atoms with E-state index in [0.717, 1.165) is 75.0 Å². The predicted molar refractivity (Wildman–Crippen MR) is 154 cm³/mol. The number of aliphatic hydroxyl groups excluding tert-OH is 1. The van der Waals surface area contributed by atoms with E-state index >= 15 is 0 Å². The number of fused-ring (bicyclic) bond motifs is 1. The number of amides is 1. The minimum atomic E-state index is -0.862. The molecule has 3 heterocycles. The molecule has 1 atom stereocenters. The number of nitrogens with two attached hydrogens (primary N) is 1. The van der Waals surface area contributed by atoms with Gasteiger partial charge in [-0.05, 0) is 55.7 Å². The van der Waals surface area contributed by atoms with Crippen LogP contribution in [0.5, 0.6) is 11.8 Å². The molecule has 0 spiro atoms. The van der Waals surface area contributed by atoms with Crippen LogP contribution in [0.25, 0.3) is 11.0 Å². The third kappa shape index (κ3) is 6.72. The molecule has 3 aromatic rings. The van der Waals surface area contributed by atoms with Gasteiger partial charge in [0.2, 0.25) is 5.91 Å². The fourth-order valence-corrected chi connectivity index (χ4v) is 5.35. The molecule has 1 aliphatic heterocycles. The first kappa shape index (κ1) is 28.6. The van der Waals surface area contributed by atoms with Crippen LogP contribution in [0.2, 0.25) is 0 Å². The number of benzene rings is 1. The smallest absolute Gasteiger partial charge is 0.320 e. The number of nitriles is 1. The summed E-state index contributed by atoms with van der Waals surface area (Å²) in [5, 5.41) is 23.5. The Bertz CT molecular complexity index is 1420. The molecule has 1 saturated heterocycles. The van der Waals surface area contributed by atoms with Crippen molar-refractivity contribution in [1.82, 2.24) is 24.8 Å². The van der Waals surface area contributed by atoms with Gasteiger partial charge < -0.3 is 30.2 Å². The third-order valence-corrected chi connectivity index (χ3v) is 7.96. The van der Waals surface area contributed by atoms with Crippen molar-refractivity contribution >= 4 is 22.8 Å². The summed E-state index contributed by atoms with van der Waals surface area (Å²) in [4.78, 5) is 23.5. The number of hydrogen-bond donors (Lipinski definition) is 3. The second-order valence-electron chi connectivity index (χ2n) is 11.0. The number of ether oxygens (including phenoxy) is 2. The van der Waals surface area contributed by atoms with E-state index in [0.29, 0.717) is 29.9 Å². The van der Waals surface area contributed by atoms with Crippen LogP contribution >= 0.6 is 0 Å². The van der Waals surface area contributed by atoms with Gasteiger partial charge in [0.15, 0.2) is 5.65 Å². The molecule has 2 aliphatic rings. The van der Waals surface area contributed by atoms with E-state index in [9.17, 15) is 15.2 Å². The SMILES string of the molecule is CCCCOc1nc(N)c2cc(C#N)n(Cc3ccc(CN4CCC(NC(=O)[C@H](O)C5CC5)CC4)cc3OC)c2n1. The van der Waals surface area contributed by atoms with Crippen LogP contribution in [0.4, 0.5) is 5.82 Å². The Morgan fingerprint density at radius 3 is 2.68 bits per heavy atom. The van der Waals surface area contributed by atoms with E-state index < -0.39 is 6.10 Å². The number of rotatable bonds is 12. The van der Waals surface area contributed by atoms with E-state index in [1.807, 2.05) is 16.7 Å². The first-order valence-electron chi connectivity index (χ1n) is 14.5. The zero-order chi connectivity index (χ0) is 28.9. The normalized spacial score (nSPS) is 16.8. The van der Waals surface area contributed by atoms with Crippen molar-refractivity contribution in [3.05, 3.63) is 41.1 Å². The van der Waals surface area contributed by atoms with Gasteiger partial charge in [-0.1, -0.05) is 25.5 Å². The lowest BCUT2D eigenvalue weighted by molar-refractivity contribution is -0.131. The van der Waals surface area contributed by atoms with Crippen LogP contribution in [0.15, 0.2) is 24.3 Å². The van der Waals surface area contributed by atoms with Crippen LogP contribution in [0.3, 0.4) is 0 Å². The molecule has 1 aromatic carbocycles. The molecule has 1 aliphatic carbocycles. The number of nitrogens with one attached hydrogen (secondary N) is 1. The number of aromatic nitrogens is 3. The van der Waals surface area contributed by atoms with Gasteiger partial charge in [-0.2, -0.15) is 15.2 Å². The Morgan fingerprint density at radius 2 is 2.00 bits per heavy atom. The number of methoxy groups -OCH3 is 1. The van der Waals surface area contributed by atoms with Crippen LogP contribution in [0, 0.1) is 17.2 Å². The highest BCUT2D eigenvalue weighted by Crippen LogP contribution is 2.33. The standard InChI is InChI=1S/C30H39N7O4/c1-3-4-13-41-30-34-27(32)24-15-23(16-31)37(28(24)35-30)18-21-6-5-19(14-25(21)40-2)17-36-11-9-22(10-12-36)33-29(39)26(38)20-7-8-20/h5-6,14-15,20,22,26,38H,3-4,7-13,17-18H2,1-2H3,(H,33,39)(H2,32,34,35)/t26-/m1/s1. The largest absolute Gasteiger partial charge is 0.496 e. The Morgan fingerprint density at radius 1 is 1.22 bits per heavy atom. The first-order chi connectivity index (χ1) is 19.9. The van der Waals surface area contributed by atoms with E-state index in [2.05, 4.69) is 39.2 Å². The fraction of sp³-hybridized carbons (Fsp3) is 0.533. The summed E-state index contributed by atoms with van der Waals surface area (Å²) in [7, 11) is 1.64. The number of likely N-dealkylation sites (tertiary alicyclic amines) is 1. The molecule has 0 unspecified atom stereocenters. The van der Waals surface area contributed by atoms with Crippen molar-refractivity contribution in [2.75, 3.05) is 32.5 Å². The summed E-state index contributed by atoms with van der Waals surface area (Å²) < 4.78 is 13.3. The quantitative estimate of drug-likeness (QED) is 0.283. The number of hydrogen-bond acceptors (Lipinski definition) is 9. The second-order valence-corrected chi connectivity index (χ2v) is 11.0. The topological polar surface area (TPSA) is 152 Å². The molecule has 0 bridgehead atoms. The lowest BCUT2D eigenvalue weighted by Gasteiger charge is -2.33. The van der Waals surface area contributed by atoms with Gasteiger partial charge in [-0.25, -0.2) is 0 Å². The van der Waals surface area contributed by atoms with Crippen LogP contribution in [0.1, 0.15) is 62.3 Å². The maximum absolute atomic E-state index is 12.3. The number of nitrogens with zero attached hydrogens (tertiary/aromatic N) is 5. The third-order valence-electron chi connectivity index (χ3n) is 7.96. The molecular weight excluding hydrogens is 522 g/mol. The molecule has 0 radical (unpaired) electrons. The molecular formula is C30H39N7O4. The molecule has 5 rings (SSSR count). The summed E-state index contributed by atoms with van der Waals surface area (Å²) in [5.41, 5.74) is 9.20. The fourth-order valence-electron chi connectivity index (χ4n) is 5.35. The average Bonchev–Trinajstić information content (AvgIpc) is 3.77. The van der Waals surface area contributed by atoms with Gasteiger partial charge in [0.1, 0.15) is 29.4 Å². The second kappa shape index (κ2) is 12.7. The Kier molecular flexibility index (Phi) is 8.90. The van der Waals surface area contributed by atoms with E-state index in [4.69, 9.17) is 15.2 Å². The molecule has 2 aromatic heterocycles. The summed E-state index contributed by atoms with van der Waals surface area (Å²) in [6.45, 7) is 5.44. The van der Waals surface area contributed by atoms with Crippen molar-refractivity contribution in [2.45, 2.75) is 70.7 Å². The van der Waals surface area contributed by atoms with Gasteiger partial charge in [0, 0.05) is 31.2 Å². The summed E-state index contributed by atoms with van der Waals surface area (Å²) in [6.07, 6.45) is 4.59. The van der Waals surface area contributed by atoms with Crippen LogP contribution < -0.4 is 20.5 Å². The average molecular weight is 562 g/mol. The molecule has 11 heteroatoms. The Labute approximate surface area is 240 Å². The summed E-state index contributed by atoms with van der Waals surface area (Å²) in [6, 6.07) is 10.4. The number of nitrogen functional groups attached to an aromatic ring is 1. The van der Waals surface area contributed by atoms with Crippen molar-refractivity contribution in [1.29, 1.82) is 5.26 Å². The number of carbonyl (C=O) groups is 1. The molecule has 41 heavy (non-hydrogen) atoms. The molecule has 11 nitrogen and oxygen atoms in total. The van der Waals surface area contributed by atoms with E-state index in [-0.39, 0.29) is 29.7 Å². The molecule has 2 fully saturated rings. The van der Waals surface area contributed by atoms with Crippen molar-refractivity contribution in [3.63, 3.8) is 0 Å². The number of aliphatic hydroxyl groups is 1. The summed E-state index contributed by atoms with van der Waals surface area (Å²) >= 11 is 0. The Hall–Kier alpha value is -3.88. The first-order valence-corrected chi connectivity index (χ1v) is 14.5.